The number of benzene rings is 2. The van der Waals surface area contributed by atoms with Gasteiger partial charge in [-0.05, 0) is 88.1 Å². The van der Waals surface area contributed by atoms with Gasteiger partial charge in [0.1, 0.15) is 5.82 Å². The van der Waals surface area contributed by atoms with E-state index in [2.05, 4.69) is 51.3 Å². The minimum absolute atomic E-state index is 0.256. The normalized spacial score (nSPS) is 22.6. The quantitative estimate of drug-likeness (QED) is 0.382. The number of aromatic nitrogens is 3. The minimum Gasteiger partial charge on any atom is -0.381 e. The maximum absolute atomic E-state index is 12.8. The fourth-order valence-corrected chi connectivity index (χ4v) is 6.97. The number of morpholine rings is 1. The van der Waals surface area contributed by atoms with Crippen molar-refractivity contribution in [1.29, 1.82) is 0 Å². The number of ether oxygens (including phenoxy) is 2. The Morgan fingerprint density at radius 1 is 0.778 bits per heavy atom. The second-order valence-corrected chi connectivity index (χ2v) is 12.9. The van der Waals surface area contributed by atoms with Gasteiger partial charge in [-0.1, -0.05) is 0 Å². The number of hydrogen-bond acceptors (Lipinski definition) is 9. The Morgan fingerprint density at radius 2 is 1.40 bits per heavy atom. The molecular weight excluding hydrogens is 568 g/mol. The standard InChI is InChI=1S/C34H44N8O3/c1-23(2)40-15-17-41(18-16-40)28-9-7-27(8-10-28)36-34(43)35-26-5-3-24(4-6-26)31-37-32(25-13-19-44-20-14-25)39-33(38-31)42-29-11-12-30(42)22-45-21-29/h3-10,23,25,29-30H,11-22H2,1-2H3,(H2,35,36,43). The van der Waals surface area contributed by atoms with Crippen LogP contribution in [0, 0.1) is 0 Å². The summed E-state index contributed by atoms with van der Waals surface area (Å²) < 4.78 is 11.4. The first-order chi connectivity index (χ1) is 22.0. The van der Waals surface area contributed by atoms with Crippen LogP contribution in [0.15, 0.2) is 48.5 Å². The number of hydrogen-bond donors (Lipinski definition) is 2. The number of carbonyl (C=O) groups is 1. The largest absolute Gasteiger partial charge is 0.381 e. The van der Waals surface area contributed by atoms with E-state index in [1.165, 1.54) is 5.69 Å². The maximum atomic E-state index is 12.8. The molecular formula is C34H44N8O3. The topological polar surface area (TPSA) is 108 Å². The highest BCUT2D eigenvalue weighted by atomic mass is 16.5. The highest BCUT2D eigenvalue weighted by Gasteiger charge is 2.39. The summed E-state index contributed by atoms with van der Waals surface area (Å²) in [7, 11) is 0. The van der Waals surface area contributed by atoms with Crippen LogP contribution in [0.4, 0.5) is 27.8 Å². The van der Waals surface area contributed by atoms with E-state index in [4.69, 9.17) is 24.4 Å². The molecule has 5 heterocycles. The number of amides is 2. The smallest absolute Gasteiger partial charge is 0.323 e. The first-order valence-corrected chi connectivity index (χ1v) is 16.5. The van der Waals surface area contributed by atoms with E-state index >= 15 is 0 Å². The average molecular weight is 613 g/mol. The highest BCUT2D eigenvalue weighted by Crippen LogP contribution is 2.35. The molecule has 1 aromatic heterocycles. The number of carbonyl (C=O) groups excluding carboxylic acids is 1. The lowest BCUT2D eigenvalue weighted by atomic mass is 9.99. The molecule has 7 rings (SSSR count). The fourth-order valence-electron chi connectivity index (χ4n) is 6.97. The van der Waals surface area contributed by atoms with Crippen molar-refractivity contribution in [2.75, 3.05) is 73.0 Å². The van der Waals surface area contributed by atoms with Gasteiger partial charge in [0.15, 0.2) is 5.82 Å². The molecule has 2 amide bonds. The van der Waals surface area contributed by atoms with E-state index in [0.29, 0.717) is 42.9 Å². The molecule has 0 saturated carbocycles. The lowest BCUT2D eigenvalue weighted by Gasteiger charge is -2.38. The number of anilines is 4. The molecule has 4 saturated heterocycles. The molecule has 238 valence electrons. The number of fused-ring (bicyclic) bond motifs is 2. The van der Waals surface area contributed by atoms with Gasteiger partial charge < -0.3 is 29.9 Å². The van der Waals surface area contributed by atoms with Gasteiger partial charge in [0.05, 0.1) is 25.3 Å². The van der Waals surface area contributed by atoms with Crippen LogP contribution in [0.2, 0.25) is 0 Å². The molecule has 45 heavy (non-hydrogen) atoms. The van der Waals surface area contributed by atoms with Crippen LogP contribution in [-0.2, 0) is 9.47 Å². The van der Waals surface area contributed by atoms with Gasteiger partial charge >= 0.3 is 6.03 Å². The third-order valence-electron chi connectivity index (χ3n) is 9.63. The molecule has 4 fully saturated rings. The van der Waals surface area contributed by atoms with Crippen LogP contribution < -0.4 is 20.4 Å². The van der Waals surface area contributed by atoms with Gasteiger partial charge in [-0.3, -0.25) is 4.90 Å². The Morgan fingerprint density at radius 3 is 2.02 bits per heavy atom. The summed E-state index contributed by atoms with van der Waals surface area (Å²) in [5, 5.41) is 5.91. The number of nitrogens with zero attached hydrogens (tertiary/aromatic N) is 6. The Hall–Kier alpha value is -3.80. The van der Waals surface area contributed by atoms with Crippen LogP contribution >= 0.6 is 0 Å². The van der Waals surface area contributed by atoms with Crippen LogP contribution in [0.25, 0.3) is 11.4 Å². The van der Waals surface area contributed by atoms with E-state index in [-0.39, 0.29) is 11.9 Å². The van der Waals surface area contributed by atoms with Crippen molar-refractivity contribution in [3.63, 3.8) is 0 Å². The summed E-state index contributed by atoms with van der Waals surface area (Å²) in [5.74, 6) is 2.51. The molecule has 3 aromatic rings. The van der Waals surface area contributed by atoms with Crippen LogP contribution in [0.5, 0.6) is 0 Å². The van der Waals surface area contributed by atoms with Crippen molar-refractivity contribution in [3.05, 3.63) is 54.4 Å². The summed E-state index contributed by atoms with van der Waals surface area (Å²) in [5.41, 5.74) is 3.52. The van der Waals surface area contributed by atoms with Crippen LogP contribution in [-0.4, -0.2) is 96.6 Å². The van der Waals surface area contributed by atoms with Gasteiger partial charge in [0.2, 0.25) is 5.95 Å². The number of rotatable bonds is 7. The second kappa shape index (κ2) is 13.3. The van der Waals surface area contributed by atoms with Crippen molar-refractivity contribution in [2.45, 2.75) is 63.6 Å². The zero-order valence-corrected chi connectivity index (χ0v) is 26.3. The molecule has 4 aliphatic heterocycles. The van der Waals surface area contributed by atoms with Crippen molar-refractivity contribution in [3.8, 4) is 11.4 Å². The van der Waals surface area contributed by atoms with Gasteiger partial charge in [-0.2, -0.15) is 9.97 Å². The van der Waals surface area contributed by atoms with Crippen molar-refractivity contribution >= 4 is 29.0 Å². The van der Waals surface area contributed by atoms with E-state index in [1.807, 2.05) is 36.4 Å². The number of piperazine rings is 1. The third-order valence-corrected chi connectivity index (χ3v) is 9.63. The molecule has 4 aliphatic rings. The Labute approximate surface area is 265 Å². The summed E-state index contributed by atoms with van der Waals surface area (Å²) in [6.07, 6.45) is 4.02. The molecule has 2 bridgehead atoms. The van der Waals surface area contributed by atoms with Crippen molar-refractivity contribution in [2.24, 2.45) is 0 Å². The number of urea groups is 1. The van der Waals surface area contributed by atoms with Crippen LogP contribution in [0.3, 0.4) is 0 Å². The fraction of sp³-hybridized carbons (Fsp3) is 0.529. The minimum atomic E-state index is -0.284. The Bertz CT molecular complexity index is 1440. The summed E-state index contributed by atoms with van der Waals surface area (Å²) in [6, 6.07) is 16.7. The lowest BCUT2D eigenvalue weighted by molar-refractivity contribution is 0.0831. The van der Waals surface area contributed by atoms with E-state index in [1.54, 1.807) is 0 Å². The molecule has 2 N–H and O–H groups in total. The molecule has 11 nitrogen and oxygen atoms in total. The van der Waals surface area contributed by atoms with Gasteiger partial charge in [-0.25, -0.2) is 9.78 Å². The van der Waals surface area contributed by atoms with Crippen molar-refractivity contribution in [1.82, 2.24) is 19.9 Å². The lowest BCUT2D eigenvalue weighted by Crippen LogP contribution is -2.48. The molecule has 0 aliphatic carbocycles. The van der Waals surface area contributed by atoms with Gasteiger partial charge in [0.25, 0.3) is 0 Å². The van der Waals surface area contributed by atoms with Gasteiger partial charge in [0, 0.05) is 74.0 Å². The van der Waals surface area contributed by atoms with Crippen molar-refractivity contribution < 1.29 is 14.3 Å². The van der Waals surface area contributed by atoms with Crippen LogP contribution in [0.1, 0.15) is 51.3 Å². The Balaban J connectivity index is 1.01. The zero-order chi connectivity index (χ0) is 30.8. The number of nitrogens with one attached hydrogen (secondary N) is 2. The molecule has 2 aromatic carbocycles. The molecule has 2 unspecified atom stereocenters. The molecule has 11 heteroatoms. The van der Waals surface area contributed by atoms with E-state index in [9.17, 15) is 4.79 Å². The molecule has 0 spiro atoms. The first kappa shape index (κ1) is 29.9. The second-order valence-electron chi connectivity index (χ2n) is 12.9. The molecule has 2 atom stereocenters. The zero-order valence-electron chi connectivity index (χ0n) is 26.3. The Kier molecular flexibility index (Phi) is 8.82. The maximum Gasteiger partial charge on any atom is 0.323 e. The summed E-state index contributed by atoms with van der Waals surface area (Å²) >= 11 is 0. The van der Waals surface area contributed by atoms with E-state index in [0.717, 1.165) is 88.1 Å². The molecule has 0 radical (unpaired) electrons. The summed E-state index contributed by atoms with van der Waals surface area (Å²) in [6.45, 7) is 11.5. The van der Waals surface area contributed by atoms with E-state index < -0.39 is 0 Å². The summed E-state index contributed by atoms with van der Waals surface area (Å²) in [4.78, 5) is 35.0. The van der Waals surface area contributed by atoms with Gasteiger partial charge in [-0.15, -0.1) is 0 Å². The first-order valence-electron chi connectivity index (χ1n) is 16.5. The monoisotopic (exact) mass is 612 g/mol. The average Bonchev–Trinajstić information content (AvgIpc) is 3.33. The highest BCUT2D eigenvalue weighted by molar-refractivity contribution is 5.99. The third kappa shape index (κ3) is 6.75. The predicted molar refractivity (Wildman–Crippen MR) is 176 cm³/mol. The SMILES string of the molecule is CC(C)N1CCN(c2ccc(NC(=O)Nc3ccc(-c4nc(C5CCOCC5)nc(N5C6CCC5COC6)n4)cc3)cc2)CC1. The predicted octanol–water partition coefficient (Wildman–Crippen LogP) is 4.97.